The molecule has 1 aromatic heterocycles. The molecule has 0 spiro atoms. The van der Waals surface area contributed by atoms with Crippen LogP contribution in [0.3, 0.4) is 0 Å². The Bertz CT molecular complexity index is 482. The highest BCUT2D eigenvalue weighted by Crippen LogP contribution is 2.18. The van der Waals surface area contributed by atoms with Crippen molar-refractivity contribution in [1.29, 1.82) is 0 Å². The largest absolute Gasteiger partial charge is 0.339 e. The molecule has 1 heterocycles. The SMILES string of the molecule is Cn1cnc(S(=O)(=O)N[C@@H]2CCCC[C@H]2N)c1. The van der Waals surface area contributed by atoms with Crippen LogP contribution < -0.4 is 10.5 Å². The van der Waals surface area contributed by atoms with Gasteiger partial charge in [-0.1, -0.05) is 12.8 Å². The molecule has 96 valence electrons. The number of aryl methyl sites for hydroxylation is 1. The van der Waals surface area contributed by atoms with Crippen LogP contribution in [-0.2, 0) is 17.1 Å². The van der Waals surface area contributed by atoms with Gasteiger partial charge in [-0.05, 0) is 12.8 Å². The molecule has 17 heavy (non-hydrogen) atoms. The Kier molecular flexibility index (Phi) is 3.50. The maximum Gasteiger partial charge on any atom is 0.259 e. The number of rotatable bonds is 3. The first-order valence-electron chi connectivity index (χ1n) is 5.75. The van der Waals surface area contributed by atoms with Crippen molar-refractivity contribution in [3.63, 3.8) is 0 Å². The first kappa shape index (κ1) is 12.5. The van der Waals surface area contributed by atoms with Crippen LogP contribution in [0.2, 0.25) is 0 Å². The predicted molar refractivity (Wildman–Crippen MR) is 63.8 cm³/mol. The smallest absolute Gasteiger partial charge is 0.259 e. The Balaban J connectivity index is 2.11. The zero-order chi connectivity index (χ0) is 12.5. The molecular weight excluding hydrogens is 240 g/mol. The zero-order valence-corrected chi connectivity index (χ0v) is 10.7. The molecule has 1 fully saturated rings. The maximum atomic E-state index is 12.0. The number of nitrogens with two attached hydrogens (primary N) is 1. The number of hydrogen-bond donors (Lipinski definition) is 2. The molecule has 0 radical (unpaired) electrons. The minimum absolute atomic E-state index is 0.0535. The fourth-order valence-corrected chi connectivity index (χ4v) is 3.40. The van der Waals surface area contributed by atoms with Crippen LogP contribution in [0.5, 0.6) is 0 Å². The molecule has 1 aromatic rings. The molecular formula is C10H18N4O2S. The quantitative estimate of drug-likeness (QED) is 0.796. The molecule has 0 aromatic carbocycles. The second kappa shape index (κ2) is 4.75. The number of nitrogens with one attached hydrogen (secondary N) is 1. The second-order valence-electron chi connectivity index (χ2n) is 4.55. The van der Waals surface area contributed by atoms with E-state index in [9.17, 15) is 8.42 Å². The maximum absolute atomic E-state index is 12.0. The first-order chi connectivity index (χ1) is 7.99. The van der Waals surface area contributed by atoms with Gasteiger partial charge in [-0.15, -0.1) is 0 Å². The topological polar surface area (TPSA) is 90.0 Å². The summed E-state index contributed by atoms with van der Waals surface area (Å²) in [5.74, 6) is 0. The van der Waals surface area contributed by atoms with Crippen molar-refractivity contribution in [2.45, 2.75) is 42.8 Å². The van der Waals surface area contributed by atoms with E-state index in [0.717, 1.165) is 25.7 Å². The van der Waals surface area contributed by atoms with E-state index in [1.54, 1.807) is 11.6 Å². The molecule has 6 nitrogen and oxygen atoms in total. The lowest BCUT2D eigenvalue weighted by molar-refractivity contribution is 0.361. The third kappa shape index (κ3) is 2.85. The second-order valence-corrected chi connectivity index (χ2v) is 6.21. The molecule has 2 rings (SSSR count). The molecule has 0 amide bonds. The Hall–Kier alpha value is -0.920. The highest BCUT2D eigenvalue weighted by atomic mass is 32.2. The Morgan fingerprint density at radius 1 is 1.47 bits per heavy atom. The van der Waals surface area contributed by atoms with Gasteiger partial charge in [-0.3, -0.25) is 0 Å². The van der Waals surface area contributed by atoms with E-state index in [0.29, 0.717) is 0 Å². The molecule has 1 aliphatic rings. The lowest BCUT2D eigenvalue weighted by Gasteiger charge is -2.28. The van der Waals surface area contributed by atoms with Gasteiger partial charge in [0.2, 0.25) is 0 Å². The van der Waals surface area contributed by atoms with Gasteiger partial charge in [0.05, 0.1) is 6.33 Å². The van der Waals surface area contributed by atoms with Crippen LogP contribution in [0.1, 0.15) is 25.7 Å². The van der Waals surface area contributed by atoms with Gasteiger partial charge >= 0.3 is 0 Å². The number of nitrogens with zero attached hydrogens (tertiary/aromatic N) is 2. The summed E-state index contributed by atoms with van der Waals surface area (Å²) in [5.41, 5.74) is 5.92. The number of sulfonamides is 1. The standard InChI is InChI=1S/C10H18N4O2S/c1-14-6-10(12-7-14)17(15,16)13-9-5-3-2-4-8(9)11/h6-9,13H,2-5,11H2,1H3/t8-,9-/m1/s1. The predicted octanol–water partition coefficient (Wildman–Crippen LogP) is -0.0317. The number of imidazole rings is 1. The summed E-state index contributed by atoms with van der Waals surface area (Å²) in [4.78, 5) is 3.85. The monoisotopic (exact) mass is 258 g/mol. The minimum Gasteiger partial charge on any atom is -0.339 e. The lowest BCUT2D eigenvalue weighted by Crippen LogP contribution is -2.49. The van der Waals surface area contributed by atoms with Crippen molar-refractivity contribution >= 4 is 10.0 Å². The molecule has 0 unspecified atom stereocenters. The van der Waals surface area contributed by atoms with Crippen molar-refractivity contribution in [3.05, 3.63) is 12.5 Å². The van der Waals surface area contributed by atoms with Crippen molar-refractivity contribution in [3.8, 4) is 0 Å². The molecule has 7 heteroatoms. The van der Waals surface area contributed by atoms with Crippen LogP contribution in [0, 0.1) is 0 Å². The average molecular weight is 258 g/mol. The molecule has 0 aliphatic heterocycles. The minimum atomic E-state index is -3.53. The summed E-state index contributed by atoms with van der Waals surface area (Å²) in [6.45, 7) is 0. The highest BCUT2D eigenvalue weighted by Gasteiger charge is 2.28. The van der Waals surface area contributed by atoms with Gasteiger partial charge in [0.25, 0.3) is 10.0 Å². The summed E-state index contributed by atoms with van der Waals surface area (Å²) in [5, 5.41) is 0.0535. The molecule has 0 saturated heterocycles. The van der Waals surface area contributed by atoms with Gasteiger partial charge in [0.15, 0.2) is 5.03 Å². The fraction of sp³-hybridized carbons (Fsp3) is 0.700. The Morgan fingerprint density at radius 3 is 2.76 bits per heavy atom. The zero-order valence-electron chi connectivity index (χ0n) is 9.83. The molecule has 0 bridgehead atoms. The van der Waals surface area contributed by atoms with Crippen molar-refractivity contribution in [2.24, 2.45) is 12.8 Å². The van der Waals surface area contributed by atoms with Crippen molar-refractivity contribution < 1.29 is 8.42 Å². The van der Waals surface area contributed by atoms with Crippen LogP contribution in [0.4, 0.5) is 0 Å². The lowest BCUT2D eigenvalue weighted by atomic mass is 9.92. The van der Waals surface area contributed by atoms with Crippen molar-refractivity contribution in [2.75, 3.05) is 0 Å². The van der Waals surface area contributed by atoms with E-state index in [1.165, 1.54) is 12.5 Å². The van der Waals surface area contributed by atoms with Crippen LogP contribution in [-0.4, -0.2) is 30.1 Å². The molecule has 1 saturated carbocycles. The van der Waals surface area contributed by atoms with Gasteiger partial charge < -0.3 is 10.3 Å². The van der Waals surface area contributed by atoms with Gasteiger partial charge in [0.1, 0.15) is 0 Å². The third-order valence-electron chi connectivity index (χ3n) is 3.08. The van der Waals surface area contributed by atoms with Crippen LogP contribution >= 0.6 is 0 Å². The Labute approximate surface area is 101 Å². The summed E-state index contributed by atoms with van der Waals surface area (Å²) in [7, 11) is -1.80. The van der Waals surface area contributed by atoms with E-state index in [-0.39, 0.29) is 17.1 Å². The summed E-state index contributed by atoms with van der Waals surface area (Å²) < 4.78 is 28.3. The molecule has 1 aliphatic carbocycles. The third-order valence-corrected chi connectivity index (χ3v) is 4.46. The van der Waals surface area contributed by atoms with E-state index in [1.807, 2.05) is 0 Å². The summed E-state index contributed by atoms with van der Waals surface area (Å²) in [6, 6.07) is -0.266. The van der Waals surface area contributed by atoms with Crippen molar-refractivity contribution in [1.82, 2.24) is 14.3 Å². The number of aromatic nitrogens is 2. The van der Waals surface area contributed by atoms with E-state index < -0.39 is 10.0 Å². The normalized spacial score (nSPS) is 26.0. The van der Waals surface area contributed by atoms with E-state index in [4.69, 9.17) is 5.73 Å². The Morgan fingerprint density at radius 2 is 2.18 bits per heavy atom. The van der Waals surface area contributed by atoms with Gasteiger partial charge in [-0.25, -0.2) is 18.1 Å². The molecule has 2 atom stereocenters. The fourth-order valence-electron chi connectivity index (χ4n) is 2.09. The highest BCUT2D eigenvalue weighted by molar-refractivity contribution is 7.89. The van der Waals surface area contributed by atoms with Crippen LogP contribution in [0.25, 0.3) is 0 Å². The molecule has 3 N–H and O–H groups in total. The van der Waals surface area contributed by atoms with Gasteiger partial charge in [-0.2, -0.15) is 0 Å². The number of hydrogen-bond acceptors (Lipinski definition) is 4. The summed E-state index contributed by atoms with van der Waals surface area (Å²) in [6.07, 6.45) is 6.71. The van der Waals surface area contributed by atoms with E-state index in [2.05, 4.69) is 9.71 Å². The van der Waals surface area contributed by atoms with E-state index >= 15 is 0 Å². The van der Waals surface area contributed by atoms with Gasteiger partial charge in [0, 0.05) is 25.3 Å². The average Bonchev–Trinajstić information content (AvgIpc) is 2.69. The first-order valence-corrected chi connectivity index (χ1v) is 7.23. The summed E-state index contributed by atoms with van der Waals surface area (Å²) >= 11 is 0. The van der Waals surface area contributed by atoms with Crippen LogP contribution in [0.15, 0.2) is 17.6 Å².